The van der Waals surface area contributed by atoms with Crippen molar-refractivity contribution in [3.63, 3.8) is 0 Å². The number of anilines is 4. The summed E-state index contributed by atoms with van der Waals surface area (Å²) in [6.07, 6.45) is 5.23. The first-order valence-electron chi connectivity index (χ1n) is 13.8. The Morgan fingerprint density at radius 1 is 1.02 bits per heavy atom. The van der Waals surface area contributed by atoms with Crippen LogP contribution in [0.1, 0.15) is 39.2 Å². The molecular formula is C29H37N7O4. The Balaban J connectivity index is 1.57. The molecular weight excluding hydrogens is 510 g/mol. The number of carboxylic acid groups (broad SMARTS) is 1. The summed E-state index contributed by atoms with van der Waals surface area (Å²) in [5.41, 5.74) is 1.41. The molecule has 11 nitrogen and oxygen atoms in total. The van der Waals surface area contributed by atoms with E-state index in [4.69, 9.17) is 9.72 Å². The smallest absolute Gasteiger partial charge is 0.415 e. The SMILES string of the molecule is CCN(CC)c1ncc(N(CC)c2ccccn2)c(N[C@@H](Cc2ccc(OC(=O)N3CCCC3)cc2)C(=O)O)n1. The zero-order valence-electron chi connectivity index (χ0n) is 23.3. The molecule has 0 bridgehead atoms. The van der Waals surface area contributed by atoms with Gasteiger partial charge in [0.1, 0.15) is 23.3 Å². The molecule has 1 atom stereocenters. The molecule has 0 unspecified atom stereocenters. The summed E-state index contributed by atoms with van der Waals surface area (Å²) in [5, 5.41) is 13.3. The molecule has 3 aromatic rings. The minimum Gasteiger partial charge on any atom is -0.480 e. The Morgan fingerprint density at radius 3 is 2.35 bits per heavy atom. The predicted molar refractivity (Wildman–Crippen MR) is 155 cm³/mol. The van der Waals surface area contributed by atoms with Crippen LogP contribution in [0.3, 0.4) is 0 Å². The van der Waals surface area contributed by atoms with Gasteiger partial charge in [-0.1, -0.05) is 18.2 Å². The number of hydrogen-bond acceptors (Lipinski definition) is 9. The van der Waals surface area contributed by atoms with Gasteiger partial charge >= 0.3 is 12.1 Å². The van der Waals surface area contributed by atoms with E-state index in [1.165, 1.54) is 0 Å². The first-order valence-corrected chi connectivity index (χ1v) is 13.8. The topological polar surface area (TPSA) is 124 Å². The van der Waals surface area contributed by atoms with Crippen molar-refractivity contribution in [1.82, 2.24) is 19.9 Å². The molecule has 1 aliphatic heterocycles. The molecule has 40 heavy (non-hydrogen) atoms. The second-order valence-corrected chi connectivity index (χ2v) is 9.45. The van der Waals surface area contributed by atoms with E-state index in [1.54, 1.807) is 41.6 Å². The fraction of sp³-hybridized carbons (Fsp3) is 0.414. The molecule has 4 rings (SSSR count). The molecule has 2 aromatic heterocycles. The van der Waals surface area contributed by atoms with Crippen molar-refractivity contribution >= 4 is 35.3 Å². The largest absolute Gasteiger partial charge is 0.480 e. The molecule has 0 radical (unpaired) electrons. The van der Waals surface area contributed by atoms with Gasteiger partial charge in [-0.05, 0) is 63.4 Å². The van der Waals surface area contributed by atoms with Gasteiger partial charge in [0.15, 0.2) is 5.82 Å². The third kappa shape index (κ3) is 6.96. The van der Waals surface area contributed by atoms with Crippen LogP contribution in [0.15, 0.2) is 54.9 Å². The van der Waals surface area contributed by atoms with Crippen molar-refractivity contribution < 1.29 is 19.4 Å². The first-order chi connectivity index (χ1) is 19.4. The van der Waals surface area contributed by atoms with Crippen LogP contribution in [0.5, 0.6) is 5.75 Å². The molecule has 0 aliphatic carbocycles. The predicted octanol–water partition coefficient (Wildman–Crippen LogP) is 4.58. The van der Waals surface area contributed by atoms with Crippen LogP contribution in [0.2, 0.25) is 0 Å². The van der Waals surface area contributed by atoms with Gasteiger partial charge in [-0.3, -0.25) is 0 Å². The number of ether oxygens (including phenoxy) is 1. The van der Waals surface area contributed by atoms with Crippen LogP contribution in [0, 0.1) is 0 Å². The molecule has 2 N–H and O–H groups in total. The van der Waals surface area contributed by atoms with Gasteiger partial charge in [0.2, 0.25) is 5.95 Å². The second kappa shape index (κ2) is 13.6. The zero-order valence-corrected chi connectivity index (χ0v) is 23.3. The molecule has 1 amide bonds. The highest BCUT2D eigenvalue weighted by molar-refractivity contribution is 5.81. The van der Waals surface area contributed by atoms with Crippen LogP contribution >= 0.6 is 0 Å². The fourth-order valence-corrected chi connectivity index (χ4v) is 4.66. The van der Waals surface area contributed by atoms with Crippen molar-refractivity contribution in [2.24, 2.45) is 0 Å². The summed E-state index contributed by atoms with van der Waals surface area (Å²) in [7, 11) is 0. The number of hydrogen-bond donors (Lipinski definition) is 2. The van der Waals surface area contributed by atoms with Crippen LogP contribution in [-0.2, 0) is 11.2 Å². The summed E-state index contributed by atoms with van der Waals surface area (Å²) in [6.45, 7) is 9.45. The molecule has 0 saturated carbocycles. The van der Waals surface area contributed by atoms with Gasteiger partial charge in [0.25, 0.3) is 0 Å². The lowest BCUT2D eigenvalue weighted by atomic mass is 10.1. The molecule has 11 heteroatoms. The fourth-order valence-electron chi connectivity index (χ4n) is 4.66. The maximum absolute atomic E-state index is 12.4. The Hall–Kier alpha value is -4.41. The van der Waals surface area contributed by atoms with Crippen LogP contribution in [0.4, 0.5) is 28.1 Å². The number of amides is 1. The average Bonchev–Trinajstić information content (AvgIpc) is 3.52. The number of nitrogens with zero attached hydrogens (tertiary/aromatic N) is 6. The lowest BCUT2D eigenvalue weighted by molar-refractivity contribution is -0.137. The number of pyridine rings is 1. The second-order valence-electron chi connectivity index (χ2n) is 9.45. The highest BCUT2D eigenvalue weighted by Crippen LogP contribution is 2.31. The van der Waals surface area contributed by atoms with Crippen molar-refractivity contribution in [3.8, 4) is 5.75 Å². The van der Waals surface area contributed by atoms with Gasteiger partial charge in [-0.25, -0.2) is 19.6 Å². The summed E-state index contributed by atoms with van der Waals surface area (Å²) in [5.74, 6) is 1.04. The Bertz CT molecular complexity index is 1260. The van der Waals surface area contributed by atoms with Crippen LogP contribution in [0.25, 0.3) is 0 Å². The van der Waals surface area contributed by atoms with Crippen molar-refractivity contribution in [1.29, 1.82) is 0 Å². The van der Waals surface area contributed by atoms with Crippen molar-refractivity contribution in [2.45, 2.75) is 46.1 Å². The van der Waals surface area contributed by atoms with Gasteiger partial charge in [0, 0.05) is 45.3 Å². The average molecular weight is 548 g/mol. The Kier molecular flexibility index (Phi) is 9.71. The van der Waals surface area contributed by atoms with Gasteiger partial charge in [-0.2, -0.15) is 4.98 Å². The Morgan fingerprint density at radius 2 is 1.75 bits per heavy atom. The third-order valence-corrected chi connectivity index (χ3v) is 6.88. The maximum atomic E-state index is 12.4. The maximum Gasteiger partial charge on any atom is 0.415 e. The van der Waals surface area contributed by atoms with Gasteiger partial charge in [-0.15, -0.1) is 0 Å². The van der Waals surface area contributed by atoms with Crippen molar-refractivity contribution in [2.75, 3.05) is 47.8 Å². The zero-order chi connectivity index (χ0) is 28.5. The molecule has 1 saturated heterocycles. The lowest BCUT2D eigenvalue weighted by Gasteiger charge is -2.27. The highest BCUT2D eigenvalue weighted by Gasteiger charge is 2.24. The van der Waals surface area contributed by atoms with Crippen LogP contribution in [-0.4, -0.2) is 75.8 Å². The number of rotatable bonds is 12. The van der Waals surface area contributed by atoms with Gasteiger partial charge < -0.3 is 29.9 Å². The van der Waals surface area contributed by atoms with E-state index in [0.717, 1.165) is 18.4 Å². The van der Waals surface area contributed by atoms with E-state index in [1.807, 2.05) is 48.8 Å². The number of carbonyl (C=O) groups is 2. The number of carbonyl (C=O) groups excluding carboxylic acids is 1. The minimum atomic E-state index is -1.01. The molecule has 212 valence electrons. The standard InChI is InChI=1S/C29H37N7O4/c1-4-34(5-2)28-31-20-24(36(6-3)25-11-7-8-16-30-25)26(33-28)32-23(27(37)38)19-21-12-14-22(15-13-21)40-29(39)35-17-9-10-18-35/h7-8,11-16,20,23H,4-6,9-10,17-19H2,1-3H3,(H,37,38)(H,31,32,33)/t23-/m0/s1. The summed E-state index contributed by atoms with van der Waals surface area (Å²) >= 11 is 0. The number of nitrogens with one attached hydrogen (secondary N) is 1. The number of benzene rings is 1. The number of aliphatic carboxylic acids is 1. The lowest BCUT2D eigenvalue weighted by Crippen LogP contribution is -2.34. The number of likely N-dealkylation sites (tertiary alicyclic amines) is 1. The van der Waals surface area contributed by atoms with E-state index < -0.39 is 12.0 Å². The normalized spacial score (nSPS) is 13.5. The van der Waals surface area contributed by atoms with Crippen molar-refractivity contribution in [3.05, 3.63) is 60.4 Å². The molecule has 1 aliphatic rings. The van der Waals surface area contributed by atoms with Crippen LogP contribution < -0.4 is 19.9 Å². The molecule has 0 spiro atoms. The van der Waals surface area contributed by atoms with E-state index in [9.17, 15) is 14.7 Å². The van der Waals surface area contributed by atoms with E-state index >= 15 is 0 Å². The Labute approximate surface area is 234 Å². The van der Waals surface area contributed by atoms with Gasteiger partial charge in [0.05, 0.1) is 6.20 Å². The highest BCUT2D eigenvalue weighted by atomic mass is 16.6. The van der Waals surface area contributed by atoms with E-state index in [0.29, 0.717) is 61.7 Å². The number of aromatic nitrogens is 3. The quantitative estimate of drug-likeness (QED) is 0.333. The minimum absolute atomic E-state index is 0.190. The first kappa shape index (κ1) is 28.6. The van der Waals surface area contributed by atoms with E-state index in [2.05, 4.69) is 15.3 Å². The summed E-state index contributed by atoms with van der Waals surface area (Å²) in [6, 6.07) is 11.6. The molecule has 1 aromatic carbocycles. The molecule has 3 heterocycles. The summed E-state index contributed by atoms with van der Waals surface area (Å²) < 4.78 is 5.48. The monoisotopic (exact) mass is 547 g/mol. The van der Waals surface area contributed by atoms with E-state index in [-0.39, 0.29) is 12.5 Å². The number of carboxylic acids is 1. The molecule has 1 fully saturated rings. The third-order valence-electron chi connectivity index (χ3n) is 6.88. The summed E-state index contributed by atoms with van der Waals surface area (Å²) in [4.78, 5) is 44.2.